The SMILES string of the molecule is CCC(CO)CCC(C)=O. The summed E-state index contributed by atoms with van der Waals surface area (Å²) in [5.74, 6) is 0.538. The van der Waals surface area contributed by atoms with Crippen LogP contribution in [0.3, 0.4) is 0 Å². The van der Waals surface area contributed by atoms with E-state index in [1.807, 2.05) is 6.92 Å². The summed E-state index contributed by atoms with van der Waals surface area (Å²) in [6.07, 6.45) is 2.41. The molecule has 1 atom stereocenters. The second-order valence-electron chi connectivity index (χ2n) is 2.70. The molecule has 0 heterocycles. The zero-order chi connectivity index (χ0) is 7.98. The first kappa shape index (κ1) is 9.63. The highest BCUT2D eigenvalue weighted by atomic mass is 16.3. The van der Waals surface area contributed by atoms with Crippen molar-refractivity contribution in [1.82, 2.24) is 0 Å². The van der Waals surface area contributed by atoms with Gasteiger partial charge >= 0.3 is 0 Å². The van der Waals surface area contributed by atoms with Crippen LogP contribution in [0.5, 0.6) is 0 Å². The summed E-state index contributed by atoms with van der Waals surface area (Å²) in [5, 5.41) is 8.73. The van der Waals surface area contributed by atoms with E-state index in [9.17, 15) is 4.79 Å². The maximum atomic E-state index is 10.5. The molecule has 60 valence electrons. The molecule has 0 aliphatic carbocycles. The summed E-state index contributed by atoms with van der Waals surface area (Å²) in [4.78, 5) is 10.5. The predicted molar refractivity (Wildman–Crippen MR) is 40.8 cm³/mol. The van der Waals surface area contributed by atoms with Crippen LogP contribution < -0.4 is 0 Å². The van der Waals surface area contributed by atoms with E-state index in [0.717, 1.165) is 12.8 Å². The van der Waals surface area contributed by atoms with Crippen molar-refractivity contribution >= 4 is 5.78 Å². The third-order valence-corrected chi connectivity index (χ3v) is 1.74. The van der Waals surface area contributed by atoms with Crippen LogP contribution in [-0.4, -0.2) is 17.5 Å². The first-order chi connectivity index (χ1) is 4.70. The number of hydrogen-bond acceptors (Lipinski definition) is 2. The number of aliphatic hydroxyl groups excluding tert-OH is 1. The summed E-state index contributed by atoms with van der Waals surface area (Å²) < 4.78 is 0. The van der Waals surface area contributed by atoms with Gasteiger partial charge in [0.25, 0.3) is 0 Å². The lowest BCUT2D eigenvalue weighted by Gasteiger charge is -2.08. The van der Waals surface area contributed by atoms with Crippen LogP contribution in [0.2, 0.25) is 0 Å². The molecule has 0 aromatic rings. The first-order valence-corrected chi connectivity index (χ1v) is 3.81. The van der Waals surface area contributed by atoms with Gasteiger partial charge in [0.15, 0.2) is 0 Å². The Morgan fingerprint density at radius 2 is 2.20 bits per heavy atom. The number of aliphatic hydroxyl groups is 1. The number of carbonyl (C=O) groups is 1. The quantitative estimate of drug-likeness (QED) is 0.632. The number of carbonyl (C=O) groups excluding carboxylic acids is 1. The normalized spacial score (nSPS) is 13.1. The van der Waals surface area contributed by atoms with Crippen molar-refractivity contribution in [2.24, 2.45) is 5.92 Å². The van der Waals surface area contributed by atoms with Crippen molar-refractivity contribution in [3.8, 4) is 0 Å². The van der Waals surface area contributed by atoms with Crippen LogP contribution in [-0.2, 0) is 4.79 Å². The van der Waals surface area contributed by atoms with Crippen molar-refractivity contribution in [3.63, 3.8) is 0 Å². The van der Waals surface area contributed by atoms with Crippen molar-refractivity contribution in [2.75, 3.05) is 6.61 Å². The molecule has 0 spiro atoms. The van der Waals surface area contributed by atoms with Gasteiger partial charge in [-0.3, -0.25) is 0 Å². The average molecular weight is 144 g/mol. The molecule has 0 radical (unpaired) electrons. The number of ketones is 1. The second-order valence-corrected chi connectivity index (χ2v) is 2.70. The standard InChI is InChI=1S/C8H16O2/c1-3-8(6-9)5-4-7(2)10/h8-9H,3-6H2,1-2H3. The average Bonchev–Trinajstić information content (AvgIpc) is 1.90. The summed E-state index contributed by atoms with van der Waals surface area (Å²) in [6.45, 7) is 3.83. The fraction of sp³-hybridized carbons (Fsp3) is 0.875. The van der Waals surface area contributed by atoms with E-state index in [2.05, 4.69) is 0 Å². The molecule has 0 rings (SSSR count). The van der Waals surface area contributed by atoms with Crippen molar-refractivity contribution in [3.05, 3.63) is 0 Å². The Bertz CT molecular complexity index is 95.4. The van der Waals surface area contributed by atoms with Gasteiger partial charge in [-0.15, -0.1) is 0 Å². The summed E-state index contributed by atoms with van der Waals surface area (Å²) >= 11 is 0. The van der Waals surface area contributed by atoms with Gasteiger partial charge in [0, 0.05) is 13.0 Å². The largest absolute Gasteiger partial charge is 0.396 e. The lowest BCUT2D eigenvalue weighted by Crippen LogP contribution is -2.06. The summed E-state index contributed by atoms with van der Waals surface area (Å²) in [7, 11) is 0. The maximum absolute atomic E-state index is 10.5. The monoisotopic (exact) mass is 144 g/mol. The fourth-order valence-electron chi connectivity index (χ4n) is 0.832. The molecule has 10 heavy (non-hydrogen) atoms. The fourth-order valence-corrected chi connectivity index (χ4v) is 0.832. The van der Waals surface area contributed by atoms with E-state index in [1.165, 1.54) is 0 Å². The van der Waals surface area contributed by atoms with Crippen LogP contribution in [0.25, 0.3) is 0 Å². The Kier molecular flexibility index (Phi) is 5.22. The summed E-state index contributed by atoms with van der Waals surface area (Å²) in [5.41, 5.74) is 0. The Labute approximate surface area is 62.2 Å². The van der Waals surface area contributed by atoms with Gasteiger partial charge < -0.3 is 9.90 Å². The molecule has 0 fully saturated rings. The zero-order valence-electron chi connectivity index (χ0n) is 6.76. The molecule has 0 aliphatic heterocycles. The van der Waals surface area contributed by atoms with E-state index < -0.39 is 0 Å². The van der Waals surface area contributed by atoms with Gasteiger partial charge in [0.2, 0.25) is 0 Å². The van der Waals surface area contributed by atoms with Gasteiger partial charge in [-0.05, 0) is 19.3 Å². The van der Waals surface area contributed by atoms with Crippen LogP contribution in [0.15, 0.2) is 0 Å². The number of rotatable bonds is 5. The van der Waals surface area contributed by atoms with Crippen molar-refractivity contribution in [2.45, 2.75) is 33.1 Å². The van der Waals surface area contributed by atoms with Crippen LogP contribution in [0.4, 0.5) is 0 Å². The van der Waals surface area contributed by atoms with Gasteiger partial charge in [-0.2, -0.15) is 0 Å². The third-order valence-electron chi connectivity index (χ3n) is 1.74. The van der Waals surface area contributed by atoms with E-state index in [-0.39, 0.29) is 12.4 Å². The highest BCUT2D eigenvalue weighted by Crippen LogP contribution is 2.09. The molecule has 0 aliphatic rings. The Hall–Kier alpha value is -0.370. The van der Waals surface area contributed by atoms with Gasteiger partial charge in [0.05, 0.1) is 0 Å². The predicted octanol–water partition coefficient (Wildman–Crippen LogP) is 1.37. The van der Waals surface area contributed by atoms with Crippen molar-refractivity contribution in [1.29, 1.82) is 0 Å². The smallest absolute Gasteiger partial charge is 0.129 e. The zero-order valence-corrected chi connectivity index (χ0v) is 6.76. The van der Waals surface area contributed by atoms with E-state index in [1.54, 1.807) is 6.92 Å². The first-order valence-electron chi connectivity index (χ1n) is 3.81. The molecule has 1 unspecified atom stereocenters. The van der Waals surface area contributed by atoms with Crippen LogP contribution in [0, 0.1) is 5.92 Å². The molecule has 2 nitrogen and oxygen atoms in total. The minimum atomic E-state index is 0.212. The number of hydrogen-bond donors (Lipinski definition) is 1. The third kappa shape index (κ3) is 4.50. The van der Waals surface area contributed by atoms with E-state index in [0.29, 0.717) is 12.3 Å². The topological polar surface area (TPSA) is 37.3 Å². The van der Waals surface area contributed by atoms with E-state index >= 15 is 0 Å². The molecule has 0 aromatic heterocycles. The molecular formula is C8H16O2. The molecule has 0 saturated carbocycles. The van der Waals surface area contributed by atoms with E-state index in [4.69, 9.17) is 5.11 Å². The minimum absolute atomic E-state index is 0.212. The number of Topliss-reactive ketones (excluding diaryl/α,β-unsaturated/α-hetero) is 1. The second kappa shape index (κ2) is 5.42. The van der Waals surface area contributed by atoms with Crippen LogP contribution >= 0.6 is 0 Å². The molecule has 0 bridgehead atoms. The highest BCUT2D eigenvalue weighted by molar-refractivity contribution is 5.75. The Morgan fingerprint density at radius 3 is 2.50 bits per heavy atom. The Balaban J connectivity index is 3.34. The minimum Gasteiger partial charge on any atom is -0.396 e. The molecule has 0 saturated heterocycles. The van der Waals surface area contributed by atoms with Gasteiger partial charge in [-0.25, -0.2) is 0 Å². The molecule has 1 N–H and O–H groups in total. The van der Waals surface area contributed by atoms with Crippen LogP contribution in [0.1, 0.15) is 33.1 Å². The lowest BCUT2D eigenvalue weighted by atomic mass is 10.0. The molecule has 2 heteroatoms. The lowest BCUT2D eigenvalue weighted by molar-refractivity contribution is -0.117. The molecule has 0 amide bonds. The molecular weight excluding hydrogens is 128 g/mol. The summed E-state index contributed by atoms with van der Waals surface area (Å²) in [6, 6.07) is 0. The highest BCUT2D eigenvalue weighted by Gasteiger charge is 2.04. The molecule has 0 aromatic carbocycles. The van der Waals surface area contributed by atoms with Gasteiger partial charge in [0.1, 0.15) is 5.78 Å². The maximum Gasteiger partial charge on any atom is 0.129 e. The van der Waals surface area contributed by atoms with Gasteiger partial charge in [-0.1, -0.05) is 13.3 Å². The van der Waals surface area contributed by atoms with Crippen molar-refractivity contribution < 1.29 is 9.90 Å². The Morgan fingerprint density at radius 1 is 1.60 bits per heavy atom.